The van der Waals surface area contributed by atoms with Gasteiger partial charge in [0.25, 0.3) is 5.91 Å². The van der Waals surface area contributed by atoms with Crippen LogP contribution in [0.1, 0.15) is 46.5 Å². The van der Waals surface area contributed by atoms with Crippen LogP contribution in [0.4, 0.5) is 0 Å². The first-order chi connectivity index (χ1) is 14.6. The topological polar surface area (TPSA) is 105 Å². The third-order valence-electron chi connectivity index (χ3n) is 5.54. The summed E-state index contributed by atoms with van der Waals surface area (Å²) in [6, 6.07) is 7.53. The zero-order valence-electron chi connectivity index (χ0n) is 16.9. The highest BCUT2D eigenvalue weighted by Crippen LogP contribution is 2.27. The molecule has 4 aromatic rings. The maximum Gasteiger partial charge on any atom is 0.274 e. The molecule has 30 heavy (non-hydrogen) atoms. The lowest BCUT2D eigenvalue weighted by Gasteiger charge is -2.30. The Morgan fingerprint density at radius 2 is 2.00 bits per heavy atom. The molecule has 0 aliphatic carbocycles. The zero-order valence-corrected chi connectivity index (χ0v) is 16.9. The second-order valence-electron chi connectivity index (χ2n) is 7.69. The molecule has 0 atom stereocenters. The van der Waals surface area contributed by atoms with Gasteiger partial charge in [-0.05, 0) is 44.9 Å². The van der Waals surface area contributed by atoms with E-state index < -0.39 is 0 Å². The van der Waals surface area contributed by atoms with Crippen LogP contribution in [0.3, 0.4) is 0 Å². The highest BCUT2D eigenvalue weighted by molar-refractivity contribution is 5.93. The normalized spacial score (nSPS) is 15.1. The van der Waals surface area contributed by atoms with Gasteiger partial charge in [0.15, 0.2) is 17.2 Å². The second-order valence-corrected chi connectivity index (χ2v) is 7.69. The standard InChI is InChI=1S/C21H22N8O/c1-13-10-14(2)29-18(23-13)11-17(27-29)21(30)28-8-5-15(6-9-28)19-24-20(26-25-19)16-4-3-7-22-12-16/h3-4,7,10-12,15H,5-6,8-9H2,1-2H3,(H,24,25,26). The monoisotopic (exact) mass is 402 g/mol. The minimum atomic E-state index is -0.0513. The van der Waals surface area contributed by atoms with Crippen molar-refractivity contribution in [1.82, 2.24) is 39.7 Å². The largest absolute Gasteiger partial charge is 0.337 e. The fourth-order valence-electron chi connectivity index (χ4n) is 3.99. The van der Waals surface area contributed by atoms with Crippen LogP contribution in [-0.4, -0.2) is 58.7 Å². The number of rotatable bonds is 3. The summed E-state index contributed by atoms with van der Waals surface area (Å²) in [7, 11) is 0. The van der Waals surface area contributed by atoms with E-state index in [0.717, 1.165) is 35.6 Å². The van der Waals surface area contributed by atoms with Gasteiger partial charge in [-0.2, -0.15) is 10.2 Å². The van der Waals surface area contributed by atoms with Crippen molar-refractivity contribution in [2.45, 2.75) is 32.6 Å². The molecule has 152 valence electrons. The highest BCUT2D eigenvalue weighted by atomic mass is 16.2. The summed E-state index contributed by atoms with van der Waals surface area (Å²) in [5.74, 6) is 1.72. The van der Waals surface area contributed by atoms with E-state index in [4.69, 9.17) is 0 Å². The van der Waals surface area contributed by atoms with Crippen LogP contribution in [0, 0.1) is 13.8 Å². The van der Waals surface area contributed by atoms with Crippen LogP contribution in [0.15, 0.2) is 36.7 Å². The maximum atomic E-state index is 13.0. The van der Waals surface area contributed by atoms with Gasteiger partial charge in [0.2, 0.25) is 0 Å². The van der Waals surface area contributed by atoms with E-state index in [2.05, 4.69) is 30.2 Å². The summed E-state index contributed by atoms with van der Waals surface area (Å²) in [5.41, 5.74) is 3.91. The number of fused-ring (bicyclic) bond motifs is 1. The van der Waals surface area contributed by atoms with Crippen molar-refractivity contribution in [3.63, 3.8) is 0 Å². The fourth-order valence-corrected chi connectivity index (χ4v) is 3.99. The minimum Gasteiger partial charge on any atom is -0.337 e. The fraction of sp³-hybridized carbons (Fsp3) is 0.333. The van der Waals surface area contributed by atoms with Gasteiger partial charge in [0, 0.05) is 54.4 Å². The molecule has 1 N–H and O–H groups in total. The van der Waals surface area contributed by atoms with E-state index in [-0.39, 0.29) is 11.8 Å². The van der Waals surface area contributed by atoms with Crippen molar-refractivity contribution in [3.05, 3.63) is 59.6 Å². The summed E-state index contributed by atoms with van der Waals surface area (Å²) < 4.78 is 1.72. The smallest absolute Gasteiger partial charge is 0.274 e. The number of nitrogens with zero attached hydrogens (tertiary/aromatic N) is 7. The SMILES string of the molecule is Cc1cc(C)n2nc(C(=O)N3CCC(c4nc(-c5cccnc5)n[nH]4)CC3)cc2n1. The molecule has 1 aliphatic rings. The van der Waals surface area contributed by atoms with Crippen LogP contribution >= 0.6 is 0 Å². The Balaban J connectivity index is 1.28. The molecule has 5 rings (SSSR count). The average Bonchev–Trinajstić information content (AvgIpc) is 3.42. The van der Waals surface area contributed by atoms with E-state index in [1.165, 1.54) is 0 Å². The van der Waals surface area contributed by atoms with Gasteiger partial charge in [0.1, 0.15) is 5.82 Å². The lowest BCUT2D eigenvalue weighted by Crippen LogP contribution is -2.38. The molecule has 0 unspecified atom stereocenters. The molecule has 0 bridgehead atoms. The molecule has 0 radical (unpaired) electrons. The molecule has 1 aliphatic heterocycles. The van der Waals surface area contributed by atoms with Crippen molar-refractivity contribution in [2.75, 3.05) is 13.1 Å². The zero-order chi connectivity index (χ0) is 20.7. The van der Waals surface area contributed by atoms with Crippen LogP contribution in [0.2, 0.25) is 0 Å². The number of aromatic nitrogens is 7. The van der Waals surface area contributed by atoms with E-state index in [9.17, 15) is 4.79 Å². The molecule has 0 saturated carbocycles. The van der Waals surface area contributed by atoms with Crippen LogP contribution in [-0.2, 0) is 0 Å². The highest BCUT2D eigenvalue weighted by Gasteiger charge is 2.28. The summed E-state index contributed by atoms with van der Waals surface area (Å²) >= 11 is 0. The van der Waals surface area contributed by atoms with Crippen LogP contribution < -0.4 is 0 Å². The molecule has 4 aromatic heterocycles. The Labute approximate surface area is 173 Å². The summed E-state index contributed by atoms with van der Waals surface area (Å²) in [6.45, 7) is 5.22. The van der Waals surface area contributed by atoms with Crippen molar-refractivity contribution >= 4 is 11.6 Å². The number of aryl methyl sites for hydroxylation is 2. The van der Waals surface area contributed by atoms with Gasteiger partial charge in [-0.3, -0.25) is 14.9 Å². The number of amides is 1. The van der Waals surface area contributed by atoms with E-state index in [0.29, 0.717) is 30.3 Å². The van der Waals surface area contributed by atoms with Gasteiger partial charge in [-0.15, -0.1) is 0 Å². The molecule has 9 nitrogen and oxygen atoms in total. The maximum absolute atomic E-state index is 13.0. The number of piperidine rings is 1. The Hall–Kier alpha value is -3.62. The average molecular weight is 402 g/mol. The number of H-pyrrole nitrogens is 1. The molecule has 0 spiro atoms. The molecular formula is C21H22N8O. The Morgan fingerprint density at radius 1 is 1.17 bits per heavy atom. The van der Waals surface area contributed by atoms with E-state index in [1.54, 1.807) is 23.0 Å². The molecular weight excluding hydrogens is 380 g/mol. The number of carbonyl (C=O) groups is 1. The number of aromatic amines is 1. The van der Waals surface area contributed by atoms with Crippen LogP contribution in [0.25, 0.3) is 17.0 Å². The van der Waals surface area contributed by atoms with Crippen molar-refractivity contribution < 1.29 is 4.79 Å². The molecule has 5 heterocycles. The molecule has 1 amide bonds. The third-order valence-corrected chi connectivity index (χ3v) is 5.54. The molecule has 9 heteroatoms. The first-order valence-electron chi connectivity index (χ1n) is 10.0. The van der Waals surface area contributed by atoms with Gasteiger partial charge < -0.3 is 4.90 Å². The first-order valence-corrected chi connectivity index (χ1v) is 10.0. The van der Waals surface area contributed by atoms with E-state index in [1.807, 2.05) is 36.9 Å². The lowest BCUT2D eigenvalue weighted by molar-refractivity contribution is 0.0705. The Bertz CT molecular complexity index is 1200. The molecule has 1 fully saturated rings. The van der Waals surface area contributed by atoms with Gasteiger partial charge in [0.05, 0.1) is 0 Å². The number of hydrogen-bond acceptors (Lipinski definition) is 6. The number of likely N-dealkylation sites (tertiary alicyclic amines) is 1. The van der Waals surface area contributed by atoms with Crippen LogP contribution in [0.5, 0.6) is 0 Å². The summed E-state index contributed by atoms with van der Waals surface area (Å²) in [4.78, 5) is 28.1. The third kappa shape index (κ3) is 3.32. The number of pyridine rings is 1. The quantitative estimate of drug-likeness (QED) is 0.565. The molecule has 0 aromatic carbocycles. The second kappa shape index (κ2) is 7.33. The molecule has 1 saturated heterocycles. The first kappa shape index (κ1) is 18.4. The summed E-state index contributed by atoms with van der Waals surface area (Å²) in [6.07, 6.45) is 5.14. The predicted octanol–water partition coefficient (Wildman–Crippen LogP) is 2.55. The number of carbonyl (C=O) groups excluding carboxylic acids is 1. The minimum absolute atomic E-state index is 0.0513. The van der Waals surface area contributed by atoms with Gasteiger partial charge in [-0.1, -0.05) is 0 Å². The lowest BCUT2D eigenvalue weighted by atomic mass is 9.96. The van der Waals surface area contributed by atoms with Crippen molar-refractivity contribution in [3.8, 4) is 11.4 Å². The Kier molecular flexibility index (Phi) is 4.50. The number of nitrogens with one attached hydrogen (secondary N) is 1. The van der Waals surface area contributed by atoms with Gasteiger partial charge >= 0.3 is 0 Å². The number of hydrogen-bond donors (Lipinski definition) is 1. The Morgan fingerprint density at radius 3 is 2.77 bits per heavy atom. The van der Waals surface area contributed by atoms with Crippen molar-refractivity contribution in [1.29, 1.82) is 0 Å². The summed E-state index contributed by atoms with van der Waals surface area (Å²) in [5, 5.41) is 11.9. The van der Waals surface area contributed by atoms with Crippen molar-refractivity contribution in [2.24, 2.45) is 0 Å². The van der Waals surface area contributed by atoms with Gasteiger partial charge in [-0.25, -0.2) is 14.5 Å². The van der Waals surface area contributed by atoms with E-state index >= 15 is 0 Å². The predicted molar refractivity (Wildman–Crippen MR) is 110 cm³/mol.